The maximum Gasteiger partial charge on any atom is 0.428 e. The van der Waals surface area contributed by atoms with E-state index < -0.39 is 50.5 Å². The van der Waals surface area contributed by atoms with E-state index in [2.05, 4.69) is 9.97 Å². The van der Waals surface area contributed by atoms with Crippen molar-refractivity contribution in [2.24, 2.45) is 0 Å². The van der Waals surface area contributed by atoms with Crippen LogP contribution in [0.4, 0.5) is 19.3 Å². The molecule has 2 aromatic heterocycles. The van der Waals surface area contributed by atoms with Crippen LogP contribution in [0.15, 0.2) is 54.9 Å². The van der Waals surface area contributed by atoms with Crippen molar-refractivity contribution in [3.63, 3.8) is 0 Å². The number of rotatable bonds is 8. The molecule has 8 nitrogen and oxygen atoms in total. The van der Waals surface area contributed by atoms with Crippen molar-refractivity contribution in [3.8, 4) is 11.1 Å². The molecule has 0 spiro atoms. The topological polar surface area (TPSA) is 109 Å². The van der Waals surface area contributed by atoms with Crippen LogP contribution in [0, 0.1) is 11.6 Å². The average molecular weight is 562 g/mol. The number of carbonyl (C=O) groups excluding carboxylic acids is 2. The second-order valence-corrected chi connectivity index (χ2v) is 10.6. The Kier molecular flexibility index (Phi) is 7.79. The Morgan fingerprint density at radius 3 is 2.45 bits per heavy atom. The Morgan fingerprint density at radius 2 is 1.79 bits per heavy atom. The Bertz CT molecular complexity index is 1640. The normalized spacial score (nSPS) is 11.5. The lowest BCUT2D eigenvalue weighted by Gasteiger charge is -2.22. The van der Waals surface area contributed by atoms with E-state index in [0.29, 0.717) is 16.2 Å². The molecule has 198 valence electrons. The number of aromatic nitrogens is 2. The number of nitrogens with one attached hydrogen (secondary N) is 1. The fourth-order valence-electron chi connectivity index (χ4n) is 3.93. The second kappa shape index (κ2) is 10.9. The number of fused-ring (bicyclic) bond motifs is 1. The van der Waals surface area contributed by atoms with E-state index in [1.54, 1.807) is 43.5 Å². The summed E-state index contributed by atoms with van der Waals surface area (Å²) in [4.78, 5) is 33.1. The van der Waals surface area contributed by atoms with Gasteiger partial charge in [-0.1, -0.05) is 30.7 Å². The smallest absolute Gasteiger partial charge is 0.428 e. The van der Waals surface area contributed by atoms with Crippen LogP contribution in [-0.4, -0.2) is 42.6 Å². The van der Waals surface area contributed by atoms with E-state index in [1.165, 1.54) is 13.1 Å². The number of anilines is 1. The zero-order valence-electron chi connectivity index (χ0n) is 20.3. The first-order chi connectivity index (χ1) is 18.1. The van der Waals surface area contributed by atoms with Gasteiger partial charge in [0.2, 0.25) is 15.8 Å². The number of hydrogen-bond donors (Lipinski definition) is 1. The molecule has 38 heavy (non-hydrogen) atoms. The summed E-state index contributed by atoms with van der Waals surface area (Å²) < 4.78 is 61.3. The van der Waals surface area contributed by atoms with Crippen LogP contribution in [-0.2, 0) is 14.8 Å². The zero-order valence-corrected chi connectivity index (χ0v) is 21.9. The van der Waals surface area contributed by atoms with E-state index in [4.69, 9.17) is 16.3 Å². The first-order valence-corrected chi connectivity index (χ1v) is 13.5. The number of benzene rings is 2. The highest BCUT2D eigenvalue weighted by atomic mass is 35.5. The molecule has 2 heterocycles. The number of nitrogens with zero attached hydrogens (tertiary/aromatic N) is 2. The number of carbonyl (C=O) groups is 2. The molecular formula is C26H22ClF2N3O5S. The van der Waals surface area contributed by atoms with Gasteiger partial charge in [-0.15, -0.1) is 0 Å². The molecule has 0 aliphatic carbocycles. The third-order valence-electron chi connectivity index (χ3n) is 5.64. The second-order valence-electron chi connectivity index (χ2n) is 8.19. The third kappa shape index (κ3) is 5.11. The molecule has 4 aromatic rings. The van der Waals surface area contributed by atoms with Crippen LogP contribution in [0.2, 0.25) is 5.02 Å². The molecule has 0 aliphatic rings. The Morgan fingerprint density at radius 1 is 1.08 bits per heavy atom. The van der Waals surface area contributed by atoms with Gasteiger partial charge in [-0.2, -0.15) is 4.31 Å². The molecule has 4 rings (SSSR count). The molecule has 0 atom stereocenters. The van der Waals surface area contributed by atoms with Crippen LogP contribution in [0.1, 0.15) is 36.2 Å². The van der Waals surface area contributed by atoms with Crippen molar-refractivity contribution >= 4 is 50.2 Å². The largest absolute Gasteiger partial charge is 0.449 e. The monoisotopic (exact) mass is 561 g/mol. The van der Waals surface area contributed by atoms with Gasteiger partial charge in [0.05, 0.1) is 17.9 Å². The van der Waals surface area contributed by atoms with Crippen LogP contribution in [0.5, 0.6) is 0 Å². The number of pyridine rings is 1. The van der Waals surface area contributed by atoms with Gasteiger partial charge in [0, 0.05) is 33.9 Å². The van der Waals surface area contributed by atoms with Gasteiger partial charge in [0.1, 0.15) is 17.2 Å². The number of ketones is 1. The molecule has 0 aliphatic heterocycles. The molecule has 0 fully saturated rings. The van der Waals surface area contributed by atoms with Gasteiger partial charge >= 0.3 is 6.09 Å². The molecule has 2 aromatic carbocycles. The molecule has 0 bridgehead atoms. The van der Waals surface area contributed by atoms with Crippen molar-refractivity contribution in [2.45, 2.75) is 20.3 Å². The average Bonchev–Trinajstić information content (AvgIpc) is 3.29. The van der Waals surface area contributed by atoms with Crippen molar-refractivity contribution in [1.82, 2.24) is 9.97 Å². The predicted molar refractivity (Wildman–Crippen MR) is 140 cm³/mol. The highest BCUT2D eigenvalue weighted by Gasteiger charge is 2.35. The maximum atomic E-state index is 15.8. The van der Waals surface area contributed by atoms with Crippen LogP contribution in [0.25, 0.3) is 22.2 Å². The quantitative estimate of drug-likeness (QED) is 0.260. The van der Waals surface area contributed by atoms with Crippen molar-refractivity contribution in [1.29, 1.82) is 0 Å². The highest BCUT2D eigenvalue weighted by molar-refractivity contribution is 7.93. The van der Waals surface area contributed by atoms with Crippen molar-refractivity contribution < 1.29 is 31.5 Å². The fourth-order valence-corrected chi connectivity index (χ4v) is 5.47. The molecule has 0 saturated carbocycles. The summed E-state index contributed by atoms with van der Waals surface area (Å²) in [6.45, 7) is 2.81. The summed E-state index contributed by atoms with van der Waals surface area (Å²) in [6, 6.07) is 10.0. The summed E-state index contributed by atoms with van der Waals surface area (Å²) in [5.41, 5.74) is -0.285. The molecular weight excluding hydrogens is 540 g/mol. The van der Waals surface area contributed by atoms with Gasteiger partial charge in [-0.3, -0.25) is 4.79 Å². The number of hydrogen-bond acceptors (Lipinski definition) is 6. The third-order valence-corrected chi connectivity index (χ3v) is 7.72. The van der Waals surface area contributed by atoms with Gasteiger partial charge in [-0.25, -0.2) is 27.0 Å². The predicted octanol–water partition coefficient (Wildman–Crippen LogP) is 6.10. The van der Waals surface area contributed by atoms with Gasteiger partial charge < -0.3 is 9.72 Å². The summed E-state index contributed by atoms with van der Waals surface area (Å²) >= 11 is 5.95. The van der Waals surface area contributed by atoms with Crippen molar-refractivity contribution in [2.75, 3.05) is 16.7 Å². The Balaban J connectivity index is 1.84. The molecule has 1 N–H and O–H groups in total. The number of sulfonamides is 1. The van der Waals surface area contributed by atoms with Crippen molar-refractivity contribution in [3.05, 3.63) is 82.6 Å². The van der Waals surface area contributed by atoms with Crippen LogP contribution < -0.4 is 4.31 Å². The molecule has 0 saturated heterocycles. The van der Waals surface area contributed by atoms with Gasteiger partial charge in [0.25, 0.3) is 0 Å². The number of aromatic amines is 1. The first kappa shape index (κ1) is 27.2. The van der Waals surface area contributed by atoms with Crippen LogP contribution in [0.3, 0.4) is 0 Å². The zero-order chi connectivity index (χ0) is 27.6. The molecule has 1 amide bonds. The molecule has 0 radical (unpaired) electrons. The summed E-state index contributed by atoms with van der Waals surface area (Å²) in [5.74, 6) is -4.32. The minimum absolute atomic E-state index is 0.0997. The summed E-state index contributed by atoms with van der Waals surface area (Å²) in [5, 5.41) is 0.816. The lowest BCUT2D eigenvalue weighted by Crippen LogP contribution is -2.39. The maximum absolute atomic E-state index is 15.8. The van der Waals surface area contributed by atoms with Crippen LogP contribution >= 0.6 is 11.6 Å². The SMILES string of the molecule is CCCS(=O)(=O)N(C(=O)OCC)c1ccc(F)c(C(=O)c2c[nH]c3ncc(-c4ccc(Cl)cc4)cc23)c1F. The molecule has 0 unspecified atom stereocenters. The van der Waals surface area contributed by atoms with E-state index in [1.807, 2.05) is 0 Å². The van der Waals surface area contributed by atoms with E-state index in [9.17, 15) is 22.4 Å². The number of H-pyrrole nitrogens is 1. The first-order valence-electron chi connectivity index (χ1n) is 11.5. The summed E-state index contributed by atoms with van der Waals surface area (Å²) in [7, 11) is -4.39. The highest BCUT2D eigenvalue weighted by Crippen LogP contribution is 2.32. The minimum atomic E-state index is -4.39. The molecule has 12 heteroatoms. The Labute approximate surface area is 222 Å². The fraction of sp³-hybridized carbons (Fsp3) is 0.192. The van der Waals surface area contributed by atoms with Gasteiger partial charge in [0.15, 0.2) is 5.82 Å². The number of amides is 1. The number of ether oxygens (including phenoxy) is 1. The standard InChI is InChI=1S/C26H22ClF2N3O5S/c1-3-11-38(35,36)32(26(34)37-4-2)21-10-9-20(28)22(23(21)29)24(33)19-14-31-25-18(19)12-16(13-30-25)15-5-7-17(27)8-6-15/h5-10,12-14H,3-4,11H2,1-2H3,(H,30,31). The summed E-state index contributed by atoms with van der Waals surface area (Å²) in [6.07, 6.45) is 1.57. The van der Waals surface area contributed by atoms with E-state index in [0.717, 1.165) is 17.7 Å². The lowest BCUT2D eigenvalue weighted by molar-refractivity contribution is 0.103. The number of halogens is 3. The Hall–Kier alpha value is -3.83. The lowest BCUT2D eigenvalue weighted by atomic mass is 9.99. The van der Waals surface area contributed by atoms with E-state index >= 15 is 4.39 Å². The minimum Gasteiger partial charge on any atom is -0.449 e. The van der Waals surface area contributed by atoms with Gasteiger partial charge in [-0.05, 0) is 49.2 Å². The van der Waals surface area contributed by atoms with E-state index in [-0.39, 0.29) is 28.3 Å².